The number of aliphatic hydroxyl groups excluding tert-OH is 1. The van der Waals surface area contributed by atoms with Crippen molar-refractivity contribution in [3.63, 3.8) is 0 Å². The van der Waals surface area contributed by atoms with E-state index in [9.17, 15) is 4.39 Å². The van der Waals surface area contributed by atoms with Crippen molar-refractivity contribution >= 4 is 0 Å². The zero-order valence-electron chi connectivity index (χ0n) is 12.5. The van der Waals surface area contributed by atoms with Crippen molar-refractivity contribution in [3.8, 4) is 0 Å². The van der Waals surface area contributed by atoms with Gasteiger partial charge < -0.3 is 5.11 Å². The normalized spacial score (nSPS) is 14.7. The summed E-state index contributed by atoms with van der Waals surface area (Å²) in [6, 6.07) is 0. The van der Waals surface area contributed by atoms with Gasteiger partial charge in [-0.2, -0.15) is 0 Å². The highest BCUT2D eigenvalue weighted by molar-refractivity contribution is 4.71. The molecule has 0 aliphatic heterocycles. The number of hydrogen-bond acceptors (Lipinski definition) is 1. The first-order valence-electron chi connectivity index (χ1n) is 7.92. The van der Waals surface area contributed by atoms with Gasteiger partial charge in [0.15, 0.2) is 0 Å². The Balaban J connectivity index is 3.08. The van der Waals surface area contributed by atoms with E-state index in [1.807, 2.05) is 0 Å². The molecule has 2 heteroatoms. The van der Waals surface area contributed by atoms with Crippen molar-refractivity contribution in [1.82, 2.24) is 0 Å². The number of halogens is 1. The van der Waals surface area contributed by atoms with Crippen LogP contribution in [0, 0.1) is 0 Å². The van der Waals surface area contributed by atoms with Crippen LogP contribution < -0.4 is 0 Å². The van der Waals surface area contributed by atoms with Gasteiger partial charge in [-0.05, 0) is 13.3 Å². The van der Waals surface area contributed by atoms with Crippen LogP contribution in [-0.2, 0) is 0 Å². The number of alkyl halides is 1. The second kappa shape index (κ2) is 12.0. The third kappa shape index (κ3) is 12.3. The van der Waals surface area contributed by atoms with Crippen LogP contribution in [0.4, 0.5) is 4.39 Å². The van der Waals surface area contributed by atoms with Gasteiger partial charge >= 0.3 is 0 Å². The van der Waals surface area contributed by atoms with E-state index in [0.29, 0.717) is 6.42 Å². The Morgan fingerprint density at radius 3 is 1.56 bits per heavy atom. The molecule has 1 N–H and O–H groups in total. The summed E-state index contributed by atoms with van der Waals surface area (Å²) < 4.78 is 13.3. The zero-order chi connectivity index (χ0) is 13.7. The highest BCUT2D eigenvalue weighted by Gasteiger charge is 2.20. The van der Waals surface area contributed by atoms with E-state index < -0.39 is 5.67 Å². The molecule has 1 nitrogen and oxygen atoms in total. The molecule has 0 aromatic carbocycles. The lowest BCUT2D eigenvalue weighted by atomic mass is 9.99. The van der Waals surface area contributed by atoms with Crippen LogP contribution in [0.3, 0.4) is 0 Å². The molecule has 0 aromatic heterocycles. The van der Waals surface area contributed by atoms with Gasteiger partial charge in [-0.3, -0.25) is 0 Å². The van der Waals surface area contributed by atoms with Gasteiger partial charge in [-0.15, -0.1) is 0 Å². The Morgan fingerprint density at radius 1 is 0.778 bits per heavy atom. The fourth-order valence-corrected chi connectivity index (χ4v) is 2.24. The quantitative estimate of drug-likeness (QED) is 0.439. The molecule has 0 fully saturated rings. The third-order valence-electron chi connectivity index (χ3n) is 3.63. The van der Waals surface area contributed by atoms with Crippen LogP contribution in [-0.4, -0.2) is 17.4 Å². The van der Waals surface area contributed by atoms with Crippen molar-refractivity contribution in [1.29, 1.82) is 0 Å². The minimum atomic E-state index is -1.36. The van der Waals surface area contributed by atoms with Crippen molar-refractivity contribution in [2.75, 3.05) is 6.61 Å². The zero-order valence-corrected chi connectivity index (χ0v) is 12.5. The minimum absolute atomic E-state index is 0.342. The van der Waals surface area contributed by atoms with Gasteiger partial charge in [0.1, 0.15) is 5.67 Å². The third-order valence-corrected chi connectivity index (χ3v) is 3.63. The molecule has 18 heavy (non-hydrogen) atoms. The van der Waals surface area contributed by atoms with E-state index in [4.69, 9.17) is 5.11 Å². The van der Waals surface area contributed by atoms with Crippen LogP contribution in [0.25, 0.3) is 0 Å². The Morgan fingerprint density at radius 2 is 1.17 bits per heavy atom. The highest BCUT2D eigenvalue weighted by atomic mass is 19.1. The molecule has 0 aliphatic rings. The maximum Gasteiger partial charge on any atom is 0.131 e. The predicted octanol–water partition coefficient (Wildman–Crippen LogP) is 5.41. The fraction of sp³-hybridized carbons (Fsp3) is 1.00. The van der Waals surface area contributed by atoms with E-state index in [0.717, 1.165) is 12.8 Å². The lowest BCUT2D eigenvalue weighted by molar-refractivity contribution is 0.0772. The van der Waals surface area contributed by atoms with Crippen LogP contribution >= 0.6 is 0 Å². The average Bonchev–Trinajstić information content (AvgIpc) is 2.36. The summed E-state index contributed by atoms with van der Waals surface area (Å²) in [6.45, 7) is 3.40. The Bertz CT molecular complexity index is 168. The number of unbranched alkanes of at least 4 members (excludes halogenated alkanes) is 10. The summed E-state index contributed by atoms with van der Waals surface area (Å²) in [5.74, 6) is 0. The molecule has 0 amide bonds. The van der Waals surface area contributed by atoms with E-state index >= 15 is 0 Å². The van der Waals surface area contributed by atoms with E-state index in [2.05, 4.69) is 6.92 Å². The molecule has 0 heterocycles. The molecule has 110 valence electrons. The molecular weight excluding hydrogens is 227 g/mol. The molecule has 0 rings (SSSR count). The van der Waals surface area contributed by atoms with Crippen molar-refractivity contribution in [2.45, 2.75) is 96.6 Å². The van der Waals surface area contributed by atoms with Crippen LogP contribution in [0.15, 0.2) is 0 Å². The smallest absolute Gasteiger partial charge is 0.131 e. The second-order valence-electron chi connectivity index (χ2n) is 5.86. The number of rotatable bonds is 13. The fourth-order valence-electron chi connectivity index (χ4n) is 2.24. The van der Waals surface area contributed by atoms with Crippen molar-refractivity contribution in [3.05, 3.63) is 0 Å². The maximum absolute atomic E-state index is 13.3. The molecule has 0 bridgehead atoms. The van der Waals surface area contributed by atoms with Gasteiger partial charge in [-0.1, -0.05) is 77.6 Å². The van der Waals surface area contributed by atoms with Gasteiger partial charge in [0.2, 0.25) is 0 Å². The molecule has 0 spiro atoms. The summed E-state index contributed by atoms with van der Waals surface area (Å²) in [4.78, 5) is 0. The van der Waals surface area contributed by atoms with Gasteiger partial charge in [0.25, 0.3) is 0 Å². The summed E-state index contributed by atoms with van der Waals surface area (Å²) in [7, 11) is 0. The first-order chi connectivity index (χ1) is 8.62. The molecule has 0 radical (unpaired) electrons. The van der Waals surface area contributed by atoms with E-state index in [1.165, 1.54) is 64.7 Å². The Hall–Kier alpha value is -0.110. The molecule has 0 saturated heterocycles. The largest absolute Gasteiger partial charge is 0.393 e. The first kappa shape index (κ1) is 17.9. The van der Waals surface area contributed by atoms with Gasteiger partial charge in [0.05, 0.1) is 6.61 Å². The first-order valence-corrected chi connectivity index (χ1v) is 7.92. The standard InChI is InChI=1S/C16H33FO/c1-3-4-5-6-7-8-9-10-11-12-13-14-16(2,17)15-18/h18H,3-15H2,1-2H3. The van der Waals surface area contributed by atoms with Crippen molar-refractivity contribution < 1.29 is 9.50 Å². The van der Waals surface area contributed by atoms with Gasteiger partial charge in [-0.25, -0.2) is 4.39 Å². The van der Waals surface area contributed by atoms with Crippen LogP contribution in [0.5, 0.6) is 0 Å². The Labute approximate surface area is 113 Å². The summed E-state index contributed by atoms with van der Waals surface area (Å²) in [5.41, 5.74) is -1.36. The number of aliphatic hydroxyl groups is 1. The van der Waals surface area contributed by atoms with E-state index in [-0.39, 0.29) is 6.61 Å². The van der Waals surface area contributed by atoms with Crippen molar-refractivity contribution in [2.24, 2.45) is 0 Å². The van der Waals surface area contributed by atoms with Crippen LogP contribution in [0.1, 0.15) is 90.9 Å². The lowest BCUT2D eigenvalue weighted by Crippen LogP contribution is -2.22. The van der Waals surface area contributed by atoms with E-state index in [1.54, 1.807) is 0 Å². The number of hydrogen-bond donors (Lipinski definition) is 1. The second-order valence-corrected chi connectivity index (χ2v) is 5.86. The maximum atomic E-state index is 13.3. The summed E-state index contributed by atoms with van der Waals surface area (Å²) in [5, 5.41) is 8.78. The minimum Gasteiger partial charge on any atom is -0.393 e. The average molecular weight is 260 g/mol. The highest BCUT2D eigenvalue weighted by Crippen LogP contribution is 2.19. The monoisotopic (exact) mass is 260 g/mol. The molecular formula is C16H33FO. The van der Waals surface area contributed by atoms with Crippen LogP contribution in [0.2, 0.25) is 0 Å². The molecule has 0 aliphatic carbocycles. The SMILES string of the molecule is CCCCCCCCCCCCCC(C)(F)CO. The Kier molecular flexibility index (Phi) is 11.9. The molecule has 0 aromatic rings. The molecule has 1 atom stereocenters. The summed E-state index contributed by atoms with van der Waals surface area (Å²) >= 11 is 0. The molecule has 1 unspecified atom stereocenters. The van der Waals surface area contributed by atoms with Gasteiger partial charge in [0, 0.05) is 0 Å². The molecule has 0 saturated carbocycles. The summed E-state index contributed by atoms with van der Waals surface area (Å²) in [6.07, 6.45) is 14.6. The predicted molar refractivity (Wildman–Crippen MR) is 77.7 cm³/mol. The lowest BCUT2D eigenvalue weighted by Gasteiger charge is -2.16. The topological polar surface area (TPSA) is 20.2 Å².